The Balaban J connectivity index is 1.15. The summed E-state index contributed by atoms with van der Waals surface area (Å²) in [6.07, 6.45) is 1.63. The fourth-order valence-electron chi connectivity index (χ4n) is 5.10. The predicted octanol–water partition coefficient (Wildman–Crippen LogP) is 3.51. The Bertz CT molecular complexity index is 1610. The molecule has 2 aliphatic rings. The van der Waals surface area contributed by atoms with Gasteiger partial charge < -0.3 is 19.0 Å². The fourth-order valence-corrected chi connectivity index (χ4v) is 5.80. The molecule has 0 aliphatic carbocycles. The quantitative estimate of drug-likeness (QED) is 0.503. The Morgan fingerprint density at radius 3 is 2.44 bits per heavy atom. The predicted molar refractivity (Wildman–Crippen MR) is 135 cm³/mol. The Morgan fingerprint density at radius 2 is 1.79 bits per heavy atom. The molecule has 10 nitrogen and oxygen atoms in total. The summed E-state index contributed by atoms with van der Waals surface area (Å²) in [6.45, 7) is 2.21. The van der Waals surface area contributed by atoms with Crippen LogP contribution in [-0.4, -0.2) is 67.6 Å². The third-order valence-electron chi connectivity index (χ3n) is 7.35. The number of ether oxygens (including phenoxy) is 1. The number of carbonyl (C=O) groups is 2. The highest BCUT2D eigenvalue weighted by Gasteiger charge is 2.47. The molecule has 3 heterocycles. The van der Waals surface area contributed by atoms with E-state index in [1.807, 2.05) is 0 Å². The lowest BCUT2D eigenvalue weighted by molar-refractivity contribution is -0.0319. The van der Waals surface area contributed by atoms with Gasteiger partial charge in [0.1, 0.15) is 6.61 Å². The van der Waals surface area contributed by atoms with Gasteiger partial charge >= 0.3 is 11.8 Å². The highest BCUT2D eigenvalue weighted by atomic mass is 32.2. The molecule has 3 aromatic rings. The van der Waals surface area contributed by atoms with Gasteiger partial charge in [-0.1, -0.05) is 0 Å². The van der Waals surface area contributed by atoms with Crippen LogP contribution in [0, 0.1) is 5.41 Å². The molecule has 1 N–H and O–H groups in total. The van der Waals surface area contributed by atoms with Crippen molar-refractivity contribution < 1.29 is 35.9 Å². The van der Waals surface area contributed by atoms with Crippen molar-refractivity contribution in [2.75, 3.05) is 32.4 Å². The first-order chi connectivity index (χ1) is 18.2. The van der Waals surface area contributed by atoms with Crippen molar-refractivity contribution in [3.05, 3.63) is 63.6 Å². The molecule has 1 aromatic heterocycles. The molecule has 0 saturated carbocycles. The van der Waals surface area contributed by atoms with Crippen LogP contribution in [0.4, 0.5) is 13.6 Å². The molecule has 0 radical (unpaired) electrons. The van der Waals surface area contributed by atoms with Crippen molar-refractivity contribution in [2.45, 2.75) is 37.2 Å². The number of piperidine rings is 1. The molecule has 0 unspecified atom stereocenters. The highest BCUT2D eigenvalue weighted by Crippen LogP contribution is 2.41. The number of aromatic amines is 1. The number of H-pyrrole nitrogens is 1. The minimum absolute atomic E-state index is 0.109. The van der Waals surface area contributed by atoms with Gasteiger partial charge in [0.25, 0.3) is 11.8 Å². The molecule has 2 fully saturated rings. The summed E-state index contributed by atoms with van der Waals surface area (Å²) in [5.74, 6) is -4.01. The normalized spacial score (nSPS) is 17.3. The number of halogens is 2. The zero-order valence-electron chi connectivity index (χ0n) is 21.3. The lowest BCUT2D eigenvalue weighted by Crippen LogP contribution is -2.62. The van der Waals surface area contributed by atoms with Crippen molar-refractivity contribution in [3.63, 3.8) is 0 Å². The first-order valence-corrected chi connectivity index (χ1v) is 14.2. The van der Waals surface area contributed by atoms with Crippen LogP contribution >= 0.6 is 0 Å². The van der Waals surface area contributed by atoms with Crippen molar-refractivity contribution in [1.29, 1.82) is 0 Å². The number of aromatic nitrogens is 1. The molecule has 2 aromatic carbocycles. The first kappa shape index (κ1) is 26.9. The van der Waals surface area contributed by atoms with Crippen molar-refractivity contribution >= 4 is 32.9 Å². The molecule has 13 heteroatoms. The van der Waals surface area contributed by atoms with Gasteiger partial charge in [0.2, 0.25) is 0 Å². The maximum absolute atomic E-state index is 13.9. The van der Waals surface area contributed by atoms with E-state index in [-0.39, 0.29) is 28.4 Å². The zero-order valence-corrected chi connectivity index (χ0v) is 22.1. The SMILES string of the molecule is CC(F)(F)c1cc(COC(=O)N2CCC3(CC2)CN(C(=O)c2ccc4[nH]c(=O)oc4c2)C3)cc(S(C)(=O)=O)c1. The van der Waals surface area contributed by atoms with E-state index in [2.05, 4.69) is 4.98 Å². The van der Waals surface area contributed by atoms with E-state index in [1.165, 1.54) is 17.0 Å². The molecule has 208 valence electrons. The average molecular weight is 564 g/mol. The number of hydrogen-bond donors (Lipinski definition) is 1. The summed E-state index contributed by atoms with van der Waals surface area (Å²) in [4.78, 5) is 42.4. The van der Waals surface area contributed by atoms with Crippen LogP contribution in [-0.2, 0) is 27.1 Å². The van der Waals surface area contributed by atoms with Gasteiger partial charge in [-0.2, -0.15) is 0 Å². The van der Waals surface area contributed by atoms with Crippen molar-refractivity contribution in [2.24, 2.45) is 5.41 Å². The molecule has 2 aliphatic heterocycles. The van der Waals surface area contributed by atoms with Crippen LogP contribution in [0.2, 0.25) is 0 Å². The van der Waals surface area contributed by atoms with E-state index < -0.39 is 33.2 Å². The van der Waals surface area contributed by atoms with Gasteiger partial charge in [0.05, 0.1) is 10.4 Å². The Labute approximate surface area is 222 Å². The van der Waals surface area contributed by atoms with Crippen LogP contribution in [0.25, 0.3) is 11.1 Å². The third-order valence-corrected chi connectivity index (χ3v) is 8.45. The molecule has 0 bridgehead atoms. The molecule has 2 saturated heterocycles. The molecule has 2 amide bonds. The number of benzene rings is 2. The molecule has 39 heavy (non-hydrogen) atoms. The minimum atomic E-state index is -3.74. The topological polar surface area (TPSA) is 130 Å². The van der Waals surface area contributed by atoms with Gasteiger partial charge in [0.15, 0.2) is 15.4 Å². The number of alkyl halides is 2. The second kappa shape index (κ2) is 9.47. The molecular weight excluding hydrogens is 536 g/mol. The summed E-state index contributed by atoms with van der Waals surface area (Å²) < 4.78 is 62.0. The number of nitrogens with one attached hydrogen (secondary N) is 1. The second-order valence-electron chi connectivity index (χ2n) is 10.5. The molecule has 0 atom stereocenters. The number of oxazole rings is 1. The van der Waals surface area contributed by atoms with Crippen LogP contribution in [0.5, 0.6) is 0 Å². The number of carbonyl (C=O) groups excluding carboxylic acids is 2. The highest BCUT2D eigenvalue weighted by molar-refractivity contribution is 7.90. The van der Waals surface area contributed by atoms with Gasteiger partial charge in [-0.3, -0.25) is 9.78 Å². The number of fused-ring (bicyclic) bond motifs is 1. The maximum Gasteiger partial charge on any atom is 0.417 e. The number of sulfone groups is 1. The maximum atomic E-state index is 13.9. The van der Waals surface area contributed by atoms with Gasteiger partial charge in [0, 0.05) is 55.9 Å². The van der Waals surface area contributed by atoms with Crippen molar-refractivity contribution in [1.82, 2.24) is 14.8 Å². The number of amides is 2. The first-order valence-electron chi connectivity index (χ1n) is 12.3. The van der Waals surface area contributed by atoms with E-state index in [0.717, 1.165) is 18.4 Å². The third kappa shape index (κ3) is 5.54. The lowest BCUT2D eigenvalue weighted by Gasteiger charge is -2.53. The van der Waals surface area contributed by atoms with Crippen LogP contribution in [0.3, 0.4) is 0 Å². The molecule has 5 rings (SSSR count). The van der Waals surface area contributed by atoms with E-state index in [0.29, 0.717) is 62.6 Å². The second-order valence-corrected chi connectivity index (χ2v) is 12.5. The number of likely N-dealkylation sites (tertiary alicyclic amines) is 2. The van der Waals surface area contributed by atoms with Gasteiger partial charge in [-0.05, 0) is 54.8 Å². The van der Waals surface area contributed by atoms with E-state index >= 15 is 0 Å². The number of nitrogens with zero attached hydrogens (tertiary/aromatic N) is 2. The molecule has 1 spiro atoms. The van der Waals surface area contributed by atoms with E-state index in [4.69, 9.17) is 9.15 Å². The standard InChI is InChI=1S/C26H27F2N3O7S/c1-25(27,28)18-9-16(10-19(12-18)39(2,35)36)13-37-24(34)30-7-5-26(6-8-30)14-31(15-26)22(32)17-3-4-20-21(11-17)38-23(33)29-20/h3-4,9-12H,5-8,13-15H2,1-2H3,(H,29,33). The summed E-state index contributed by atoms with van der Waals surface area (Å²) in [7, 11) is -3.74. The van der Waals surface area contributed by atoms with Crippen LogP contribution in [0.15, 0.2) is 50.5 Å². The summed E-state index contributed by atoms with van der Waals surface area (Å²) in [6, 6.07) is 8.08. The zero-order chi connectivity index (χ0) is 28.2. The smallest absolute Gasteiger partial charge is 0.417 e. The summed E-state index contributed by atoms with van der Waals surface area (Å²) >= 11 is 0. The minimum Gasteiger partial charge on any atom is -0.445 e. The van der Waals surface area contributed by atoms with E-state index in [1.54, 1.807) is 17.0 Å². The average Bonchev–Trinajstić information content (AvgIpc) is 3.23. The fraction of sp³-hybridized carbons (Fsp3) is 0.423. The Morgan fingerprint density at radius 1 is 1.10 bits per heavy atom. The lowest BCUT2D eigenvalue weighted by atomic mass is 9.72. The number of hydrogen-bond acceptors (Lipinski definition) is 7. The largest absolute Gasteiger partial charge is 0.445 e. The Hall–Kier alpha value is -3.74. The van der Waals surface area contributed by atoms with Gasteiger partial charge in [-0.25, -0.2) is 26.8 Å². The van der Waals surface area contributed by atoms with Crippen LogP contribution < -0.4 is 5.76 Å². The Kier molecular flexibility index (Phi) is 6.52. The summed E-state index contributed by atoms with van der Waals surface area (Å²) in [5.41, 5.74) is 0.825. The van der Waals surface area contributed by atoms with Crippen LogP contribution in [0.1, 0.15) is 41.3 Å². The van der Waals surface area contributed by atoms with Crippen molar-refractivity contribution in [3.8, 4) is 0 Å². The van der Waals surface area contributed by atoms with Gasteiger partial charge in [-0.15, -0.1) is 0 Å². The number of rotatable bonds is 5. The monoisotopic (exact) mass is 563 g/mol. The molecular formula is C26H27F2N3O7S. The summed E-state index contributed by atoms with van der Waals surface area (Å²) in [5, 5.41) is 0. The van der Waals surface area contributed by atoms with E-state index in [9.17, 15) is 31.6 Å².